The third-order valence-corrected chi connectivity index (χ3v) is 2.50. The summed E-state index contributed by atoms with van der Waals surface area (Å²) in [6, 6.07) is 1.88. The number of rotatable bonds is 7. The van der Waals surface area contributed by atoms with Crippen LogP contribution in [0.25, 0.3) is 0 Å². The van der Waals surface area contributed by atoms with Gasteiger partial charge in [0.2, 0.25) is 0 Å². The molecule has 0 aliphatic rings. The van der Waals surface area contributed by atoms with E-state index in [9.17, 15) is 5.11 Å². The van der Waals surface area contributed by atoms with Crippen molar-refractivity contribution in [2.24, 2.45) is 0 Å². The highest BCUT2D eigenvalue weighted by Crippen LogP contribution is 2.11. The first-order valence-corrected chi connectivity index (χ1v) is 5.82. The Morgan fingerprint density at radius 2 is 2.20 bits per heavy atom. The molecular formula is C12H21NO2. The van der Waals surface area contributed by atoms with Gasteiger partial charge in [-0.1, -0.05) is 37.8 Å². The quantitative estimate of drug-likeness (QED) is 0.705. The number of aromatic nitrogens is 1. The van der Waals surface area contributed by atoms with Crippen molar-refractivity contribution in [2.45, 2.75) is 58.5 Å². The molecule has 0 saturated heterocycles. The molecule has 0 aromatic carbocycles. The largest absolute Gasteiger partial charge is 0.393 e. The molecule has 0 radical (unpaired) electrons. The van der Waals surface area contributed by atoms with Gasteiger partial charge in [-0.05, 0) is 13.3 Å². The zero-order chi connectivity index (χ0) is 11.1. The molecule has 0 bridgehead atoms. The third-order valence-electron chi connectivity index (χ3n) is 2.50. The molecule has 3 nitrogen and oxygen atoms in total. The summed E-state index contributed by atoms with van der Waals surface area (Å²) in [4.78, 5) is 0. The summed E-state index contributed by atoms with van der Waals surface area (Å²) in [5, 5.41) is 13.5. The molecule has 1 rings (SSSR count). The van der Waals surface area contributed by atoms with E-state index in [1.165, 1.54) is 19.3 Å². The zero-order valence-corrected chi connectivity index (χ0v) is 9.70. The first kappa shape index (κ1) is 12.2. The van der Waals surface area contributed by atoms with Crippen molar-refractivity contribution >= 4 is 0 Å². The second kappa shape index (κ2) is 6.62. The number of aliphatic hydroxyl groups is 1. The Hall–Kier alpha value is -0.830. The van der Waals surface area contributed by atoms with Crippen LogP contribution in [0, 0.1) is 6.92 Å². The van der Waals surface area contributed by atoms with E-state index in [0.717, 1.165) is 24.3 Å². The van der Waals surface area contributed by atoms with E-state index in [2.05, 4.69) is 12.1 Å². The molecule has 1 aromatic rings. The highest BCUT2D eigenvalue weighted by molar-refractivity contribution is 5.03. The molecule has 0 saturated carbocycles. The van der Waals surface area contributed by atoms with Gasteiger partial charge in [0.15, 0.2) is 0 Å². The summed E-state index contributed by atoms with van der Waals surface area (Å²) in [5.41, 5.74) is 0.878. The van der Waals surface area contributed by atoms with Gasteiger partial charge in [0.25, 0.3) is 0 Å². The maximum Gasteiger partial charge on any atom is 0.139 e. The second-order valence-corrected chi connectivity index (χ2v) is 4.14. The Kier molecular flexibility index (Phi) is 5.40. The van der Waals surface area contributed by atoms with Gasteiger partial charge in [-0.2, -0.15) is 0 Å². The van der Waals surface area contributed by atoms with Gasteiger partial charge in [-0.15, -0.1) is 0 Å². The molecule has 0 aliphatic carbocycles. The molecule has 1 unspecified atom stereocenters. The Balaban J connectivity index is 2.15. The molecule has 1 aromatic heterocycles. The molecule has 3 heteroatoms. The van der Waals surface area contributed by atoms with E-state index in [1.807, 2.05) is 13.0 Å². The number of unbranched alkanes of at least 4 members (excludes halogenated alkanes) is 3. The van der Waals surface area contributed by atoms with Crippen LogP contribution >= 0.6 is 0 Å². The minimum atomic E-state index is -0.283. The van der Waals surface area contributed by atoms with Crippen molar-refractivity contribution in [3.63, 3.8) is 0 Å². The van der Waals surface area contributed by atoms with Crippen LogP contribution in [0.2, 0.25) is 0 Å². The Morgan fingerprint density at radius 1 is 1.40 bits per heavy atom. The second-order valence-electron chi connectivity index (χ2n) is 4.14. The molecule has 1 heterocycles. The number of hydrogen-bond donors (Lipinski definition) is 1. The van der Waals surface area contributed by atoms with Crippen molar-refractivity contribution in [3.8, 4) is 0 Å². The maximum atomic E-state index is 9.72. The highest BCUT2D eigenvalue weighted by Gasteiger charge is 2.08. The van der Waals surface area contributed by atoms with Gasteiger partial charge in [-0.25, -0.2) is 0 Å². The average molecular weight is 211 g/mol. The summed E-state index contributed by atoms with van der Waals surface area (Å²) in [7, 11) is 0. The molecular weight excluding hydrogens is 190 g/mol. The van der Waals surface area contributed by atoms with Gasteiger partial charge < -0.3 is 9.63 Å². The normalized spacial score (nSPS) is 13.0. The fourth-order valence-corrected chi connectivity index (χ4v) is 1.65. The Bertz CT molecular complexity index is 270. The molecule has 0 amide bonds. The van der Waals surface area contributed by atoms with E-state index in [4.69, 9.17) is 4.52 Å². The minimum absolute atomic E-state index is 0.283. The van der Waals surface area contributed by atoms with Crippen LogP contribution in [0.1, 0.15) is 50.5 Å². The number of hydrogen-bond acceptors (Lipinski definition) is 3. The van der Waals surface area contributed by atoms with Gasteiger partial charge in [0, 0.05) is 12.5 Å². The predicted molar refractivity (Wildman–Crippen MR) is 59.7 cm³/mol. The van der Waals surface area contributed by atoms with Crippen LogP contribution in [-0.2, 0) is 6.42 Å². The van der Waals surface area contributed by atoms with Crippen LogP contribution in [0.5, 0.6) is 0 Å². The molecule has 15 heavy (non-hydrogen) atoms. The molecule has 1 N–H and O–H groups in total. The number of nitrogens with zero attached hydrogens (tertiary/aromatic N) is 1. The fourth-order valence-electron chi connectivity index (χ4n) is 1.65. The molecule has 0 aliphatic heterocycles. The van der Waals surface area contributed by atoms with Gasteiger partial charge in [0.1, 0.15) is 5.76 Å². The number of aliphatic hydroxyl groups excluding tert-OH is 1. The first-order valence-electron chi connectivity index (χ1n) is 5.82. The predicted octanol–water partition coefficient (Wildman–Crippen LogP) is 2.86. The Labute approximate surface area is 91.5 Å². The van der Waals surface area contributed by atoms with E-state index in [1.54, 1.807) is 0 Å². The van der Waals surface area contributed by atoms with Crippen molar-refractivity contribution < 1.29 is 9.63 Å². The lowest BCUT2D eigenvalue weighted by atomic mass is 10.1. The Morgan fingerprint density at radius 3 is 2.80 bits per heavy atom. The van der Waals surface area contributed by atoms with Crippen LogP contribution in [0.4, 0.5) is 0 Å². The lowest BCUT2D eigenvalue weighted by Crippen LogP contribution is -2.09. The van der Waals surface area contributed by atoms with Crippen molar-refractivity contribution in [1.82, 2.24) is 5.16 Å². The van der Waals surface area contributed by atoms with Gasteiger partial charge in [0.05, 0.1) is 11.8 Å². The summed E-state index contributed by atoms with van der Waals surface area (Å²) in [5.74, 6) is 0.787. The molecule has 0 spiro atoms. The van der Waals surface area contributed by atoms with E-state index >= 15 is 0 Å². The SMILES string of the molecule is CCCCCCC(O)Cc1cc(C)no1. The average Bonchev–Trinajstić information content (AvgIpc) is 2.59. The smallest absolute Gasteiger partial charge is 0.139 e. The standard InChI is InChI=1S/C12H21NO2/c1-3-4-5-6-7-11(14)9-12-8-10(2)13-15-12/h8,11,14H,3-7,9H2,1-2H3. The van der Waals surface area contributed by atoms with Crippen LogP contribution < -0.4 is 0 Å². The van der Waals surface area contributed by atoms with Gasteiger partial charge >= 0.3 is 0 Å². The summed E-state index contributed by atoms with van der Waals surface area (Å²) in [6.07, 6.45) is 5.97. The molecule has 1 atom stereocenters. The molecule has 86 valence electrons. The zero-order valence-electron chi connectivity index (χ0n) is 9.70. The van der Waals surface area contributed by atoms with Crippen LogP contribution in [0.15, 0.2) is 10.6 Å². The van der Waals surface area contributed by atoms with E-state index in [0.29, 0.717) is 6.42 Å². The summed E-state index contributed by atoms with van der Waals surface area (Å²) >= 11 is 0. The third kappa shape index (κ3) is 4.98. The van der Waals surface area contributed by atoms with Crippen molar-refractivity contribution in [3.05, 3.63) is 17.5 Å². The van der Waals surface area contributed by atoms with Crippen molar-refractivity contribution in [2.75, 3.05) is 0 Å². The number of aryl methyl sites for hydroxylation is 1. The highest BCUT2D eigenvalue weighted by atomic mass is 16.5. The van der Waals surface area contributed by atoms with Crippen molar-refractivity contribution in [1.29, 1.82) is 0 Å². The summed E-state index contributed by atoms with van der Waals surface area (Å²) in [6.45, 7) is 4.08. The lowest BCUT2D eigenvalue weighted by molar-refractivity contribution is 0.151. The molecule has 0 fully saturated rings. The topological polar surface area (TPSA) is 46.3 Å². The van der Waals surface area contributed by atoms with Gasteiger partial charge in [-0.3, -0.25) is 0 Å². The van der Waals surface area contributed by atoms with Crippen LogP contribution in [-0.4, -0.2) is 16.4 Å². The maximum absolute atomic E-state index is 9.72. The monoisotopic (exact) mass is 211 g/mol. The summed E-state index contributed by atoms with van der Waals surface area (Å²) < 4.78 is 5.05. The fraction of sp³-hybridized carbons (Fsp3) is 0.750. The first-order chi connectivity index (χ1) is 7.22. The minimum Gasteiger partial charge on any atom is -0.393 e. The van der Waals surface area contributed by atoms with E-state index < -0.39 is 0 Å². The van der Waals surface area contributed by atoms with E-state index in [-0.39, 0.29) is 6.10 Å². The van der Waals surface area contributed by atoms with Crippen LogP contribution in [0.3, 0.4) is 0 Å². The lowest BCUT2D eigenvalue weighted by Gasteiger charge is -2.07.